The van der Waals surface area contributed by atoms with Crippen LogP contribution in [0.3, 0.4) is 0 Å². The molecule has 0 spiro atoms. The molecule has 1 heterocycles. The first-order valence-electron chi connectivity index (χ1n) is 6.00. The van der Waals surface area contributed by atoms with E-state index >= 15 is 0 Å². The van der Waals surface area contributed by atoms with Crippen molar-refractivity contribution >= 4 is 23.2 Å². The molecule has 0 aliphatic rings. The van der Waals surface area contributed by atoms with Crippen LogP contribution in [0.2, 0.25) is 5.02 Å². The molecule has 0 atom stereocenters. The van der Waals surface area contributed by atoms with Gasteiger partial charge in [0.25, 0.3) is 5.91 Å². The number of hydrogen-bond donors (Lipinski definition) is 2. The van der Waals surface area contributed by atoms with Crippen LogP contribution in [-0.4, -0.2) is 17.4 Å². The van der Waals surface area contributed by atoms with Crippen LogP contribution >= 0.6 is 11.6 Å². The quantitative estimate of drug-likeness (QED) is 0.837. The van der Waals surface area contributed by atoms with Crippen molar-refractivity contribution in [2.45, 2.75) is 0 Å². The predicted octanol–water partition coefficient (Wildman–Crippen LogP) is 2.44. The summed E-state index contributed by atoms with van der Waals surface area (Å²) in [6.07, 6.45) is 2.89. The molecule has 0 saturated heterocycles. The van der Waals surface area contributed by atoms with E-state index in [0.29, 0.717) is 5.56 Å². The lowest BCUT2D eigenvalue weighted by atomic mass is 10.2. The molecule has 0 saturated carbocycles. The van der Waals surface area contributed by atoms with Gasteiger partial charge in [0.05, 0.1) is 17.8 Å². The number of nitrogens with one attached hydrogen (secondary N) is 1. The summed E-state index contributed by atoms with van der Waals surface area (Å²) in [5, 5.41) is 2.71. The number of aromatic nitrogens is 1. The third-order valence-electron chi connectivity index (χ3n) is 2.51. The normalized spacial score (nSPS) is 9.67. The van der Waals surface area contributed by atoms with E-state index in [-0.39, 0.29) is 22.8 Å². The Balaban J connectivity index is 2.20. The highest BCUT2D eigenvalue weighted by molar-refractivity contribution is 6.30. The fourth-order valence-electron chi connectivity index (χ4n) is 1.57. The first-order valence-corrected chi connectivity index (χ1v) is 6.38. The van der Waals surface area contributed by atoms with Gasteiger partial charge in [-0.25, -0.2) is 4.39 Å². The lowest BCUT2D eigenvalue weighted by molar-refractivity contribution is 0.102. The van der Waals surface area contributed by atoms with Crippen molar-refractivity contribution in [3.05, 3.63) is 58.6 Å². The molecule has 0 aliphatic heterocycles. The van der Waals surface area contributed by atoms with Crippen molar-refractivity contribution < 1.29 is 9.18 Å². The maximum absolute atomic E-state index is 13.6. The molecule has 1 aromatic heterocycles. The van der Waals surface area contributed by atoms with Crippen LogP contribution in [0.25, 0.3) is 0 Å². The summed E-state index contributed by atoms with van der Waals surface area (Å²) in [4.78, 5) is 16.0. The zero-order valence-corrected chi connectivity index (χ0v) is 11.6. The van der Waals surface area contributed by atoms with Gasteiger partial charge in [-0.05, 0) is 24.3 Å². The summed E-state index contributed by atoms with van der Waals surface area (Å²) in [6.45, 7) is 0.215. The van der Waals surface area contributed by atoms with Crippen LogP contribution in [0, 0.1) is 17.7 Å². The summed E-state index contributed by atoms with van der Waals surface area (Å²) < 4.78 is 13.6. The largest absolute Gasteiger partial charge is 0.320 e. The van der Waals surface area contributed by atoms with Gasteiger partial charge in [0.2, 0.25) is 0 Å². The van der Waals surface area contributed by atoms with Crippen molar-refractivity contribution in [3.63, 3.8) is 0 Å². The Morgan fingerprint density at radius 3 is 2.90 bits per heavy atom. The molecule has 2 rings (SSSR count). The Morgan fingerprint density at radius 1 is 1.38 bits per heavy atom. The molecule has 2 aromatic rings. The number of pyridine rings is 1. The standard InChI is InChI=1S/C15H11ClFN3O/c16-12-3-4-14(13(17)7-12)20-15(21)11-6-10(2-1-5-18)8-19-9-11/h3-4,6-9H,5,18H2,(H,20,21). The zero-order chi connectivity index (χ0) is 15.2. The smallest absolute Gasteiger partial charge is 0.257 e. The van der Waals surface area contributed by atoms with E-state index in [1.54, 1.807) is 6.07 Å². The SMILES string of the molecule is NCC#Cc1cncc(C(=O)Nc2ccc(Cl)cc2F)c1. The molecule has 0 unspecified atom stereocenters. The predicted molar refractivity (Wildman–Crippen MR) is 79.5 cm³/mol. The van der Waals surface area contributed by atoms with Crippen LogP contribution in [0.5, 0.6) is 0 Å². The van der Waals surface area contributed by atoms with E-state index < -0.39 is 11.7 Å². The van der Waals surface area contributed by atoms with Crippen molar-refractivity contribution in [2.75, 3.05) is 11.9 Å². The Bertz CT molecular complexity index is 737. The number of halogens is 2. The van der Waals surface area contributed by atoms with E-state index in [9.17, 15) is 9.18 Å². The molecular formula is C15H11ClFN3O. The first-order chi connectivity index (χ1) is 10.1. The number of rotatable bonds is 2. The van der Waals surface area contributed by atoms with Gasteiger partial charge in [-0.3, -0.25) is 9.78 Å². The van der Waals surface area contributed by atoms with Gasteiger partial charge in [-0.15, -0.1) is 0 Å². The van der Waals surface area contributed by atoms with Crippen LogP contribution in [0.4, 0.5) is 10.1 Å². The maximum Gasteiger partial charge on any atom is 0.257 e. The summed E-state index contributed by atoms with van der Waals surface area (Å²) in [5.74, 6) is 4.35. The molecule has 3 N–H and O–H groups in total. The fraction of sp³-hybridized carbons (Fsp3) is 0.0667. The van der Waals surface area contributed by atoms with Gasteiger partial charge >= 0.3 is 0 Å². The molecule has 1 amide bonds. The second-order valence-corrected chi connectivity index (χ2v) is 4.48. The number of hydrogen-bond acceptors (Lipinski definition) is 3. The topological polar surface area (TPSA) is 68.0 Å². The van der Waals surface area contributed by atoms with Gasteiger partial charge in [-0.2, -0.15) is 0 Å². The Morgan fingerprint density at radius 2 is 2.19 bits per heavy atom. The number of nitrogens with zero attached hydrogens (tertiary/aromatic N) is 1. The number of carbonyl (C=O) groups is 1. The zero-order valence-electron chi connectivity index (χ0n) is 10.9. The molecule has 6 heteroatoms. The number of benzene rings is 1. The van der Waals surface area contributed by atoms with Crippen LogP contribution in [0.15, 0.2) is 36.7 Å². The lowest BCUT2D eigenvalue weighted by Crippen LogP contribution is -2.13. The average Bonchev–Trinajstić information content (AvgIpc) is 2.48. The molecular weight excluding hydrogens is 293 g/mol. The number of anilines is 1. The second kappa shape index (κ2) is 6.84. The number of nitrogens with two attached hydrogens (primary N) is 1. The van der Waals surface area contributed by atoms with Crippen molar-refractivity contribution in [3.8, 4) is 11.8 Å². The Hall–Kier alpha value is -2.42. The number of carbonyl (C=O) groups excluding carboxylic acids is 1. The van der Waals surface area contributed by atoms with Gasteiger partial charge in [-0.1, -0.05) is 23.4 Å². The van der Waals surface area contributed by atoms with Gasteiger partial charge in [0, 0.05) is 23.0 Å². The van der Waals surface area contributed by atoms with E-state index in [4.69, 9.17) is 17.3 Å². The summed E-state index contributed by atoms with van der Waals surface area (Å²) in [7, 11) is 0. The summed E-state index contributed by atoms with van der Waals surface area (Å²) in [5.41, 5.74) is 6.16. The Labute approximate surface area is 126 Å². The molecule has 0 fully saturated rings. The monoisotopic (exact) mass is 303 g/mol. The average molecular weight is 304 g/mol. The first kappa shape index (κ1) is 15.0. The van der Waals surface area contributed by atoms with E-state index in [1.165, 1.54) is 24.5 Å². The highest BCUT2D eigenvalue weighted by atomic mass is 35.5. The fourth-order valence-corrected chi connectivity index (χ4v) is 1.73. The van der Waals surface area contributed by atoms with Crippen LogP contribution < -0.4 is 11.1 Å². The van der Waals surface area contributed by atoms with Gasteiger partial charge < -0.3 is 11.1 Å². The van der Waals surface area contributed by atoms with E-state index in [1.807, 2.05) is 0 Å². The third kappa shape index (κ3) is 4.02. The van der Waals surface area contributed by atoms with Crippen molar-refractivity contribution in [2.24, 2.45) is 5.73 Å². The van der Waals surface area contributed by atoms with Crippen LogP contribution in [-0.2, 0) is 0 Å². The minimum Gasteiger partial charge on any atom is -0.320 e. The van der Waals surface area contributed by atoms with Crippen molar-refractivity contribution in [1.29, 1.82) is 0 Å². The van der Waals surface area contributed by atoms with Crippen LogP contribution in [0.1, 0.15) is 15.9 Å². The molecule has 106 valence electrons. The molecule has 0 aliphatic carbocycles. The molecule has 0 radical (unpaired) electrons. The molecule has 0 bridgehead atoms. The second-order valence-electron chi connectivity index (χ2n) is 4.05. The van der Waals surface area contributed by atoms with Gasteiger partial charge in [0.1, 0.15) is 5.82 Å². The minimum atomic E-state index is -0.608. The number of amides is 1. The highest BCUT2D eigenvalue weighted by Gasteiger charge is 2.10. The maximum atomic E-state index is 13.6. The van der Waals surface area contributed by atoms with Gasteiger partial charge in [0.15, 0.2) is 0 Å². The Kier molecular flexibility index (Phi) is 4.88. The summed E-state index contributed by atoms with van der Waals surface area (Å²) >= 11 is 5.65. The van der Waals surface area contributed by atoms with E-state index in [0.717, 1.165) is 6.07 Å². The van der Waals surface area contributed by atoms with Crippen molar-refractivity contribution in [1.82, 2.24) is 4.98 Å². The molecule has 1 aromatic carbocycles. The third-order valence-corrected chi connectivity index (χ3v) is 2.75. The minimum absolute atomic E-state index is 0.0443. The lowest BCUT2D eigenvalue weighted by Gasteiger charge is -2.06. The highest BCUT2D eigenvalue weighted by Crippen LogP contribution is 2.19. The van der Waals surface area contributed by atoms with E-state index in [2.05, 4.69) is 22.1 Å². The summed E-state index contributed by atoms with van der Waals surface area (Å²) in [6, 6.07) is 5.56. The molecule has 4 nitrogen and oxygen atoms in total. The molecule has 21 heavy (non-hydrogen) atoms.